The summed E-state index contributed by atoms with van der Waals surface area (Å²) in [7, 11) is -6.76. The van der Waals surface area contributed by atoms with Crippen LogP contribution in [0.15, 0.2) is 46.2 Å². The molecule has 0 radical (unpaired) electrons. The van der Waals surface area contributed by atoms with Crippen molar-refractivity contribution in [2.45, 2.75) is 9.79 Å². The van der Waals surface area contributed by atoms with Gasteiger partial charge in [-0.25, -0.2) is 10.4 Å². The molecule has 14 heteroatoms. The van der Waals surface area contributed by atoms with Gasteiger partial charge in [-0.3, -0.25) is 8.37 Å². The van der Waals surface area contributed by atoms with Gasteiger partial charge in [-0.15, -0.1) is 0 Å². The maximum Gasteiger partial charge on any atom is 0.297 e. The van der Waals surface area contributed by atoms with Crippen LogP contribution in [0.3, 0.4) is 0 Å². The highest BCUT2D eigenvalue weighted by molar-refractivity contribution is 7.87. The van der Waals surface area contributed by atoms with E-state index in [0.717, 1.165) is 38.5 Å². The van der Waals surface area contributed by atoms with E-state index >= 15 is 0 Å². The van der Waals surface area contributed by atoms with E-state index in [1.165, 1.54) is 24.3 Å². The van der Waals surface area contributed by atoms with Crippen molar-refractivity contribution in [2.24, 2.45) is 0 Å². The molecule has 0 bridgehead atoms. The van der Waals surface area contributed by atoms with Crippen LogP contribution >= 0.6 is 0 Å². The molecule has 2 unspecified atom stereocenters. The summed E-state index contributed by atoms with van der Waals surface area (Å²) < 4.78 is 57.6. The third-order valence-corrected chi connectivity index (χ3v) is 6.60. The molecule has 164 valence electrons. The van der Waals surface area contributed by atoms with Crippen LogP contribution in [0, 0.1) is 10.4 Å². The molecule has 0 fully saturated rings. The van der Waals surface area contributed by atoms with E-state index in [1.807, 2.05) is 0 Å². The Hall–Kier alpha value is -2.24. The van der Waals surface area contributed by atoms with E-state index < -0.39 is 40.5 Å². The van der Waals surface area contributed by atoms with Crippen LogP contribution in [-0.4, -0.2) is 41.5 Å². The predicted octanol–water partition coefficient (Wildman–Crippen LogP) is -0.666. The summed E-state index contributed by atoms with van der Waals surface area (Å²) in [5.74, 6) is 0. The minimum Gasteiger partial charge on any atom is -0.595 e. The Morgan fingerprint density at radius 3 is 1.37 bits per heavy atom. The summed E-state index contributed by atoms with van der Waals surface area (Å²) in [4.78, 5) is -0.890. The van der Waals surface area contributed by atoms with Gasteiger partial charge in [0.15, 0.2) is 11.4 Å². The third-order valence-electron chi connectivity index (χ3n) is 3.94. The average molecular weight is 462 g/mol. The zero-order chi connectivity index (χ0) is 22.7. The fourth-order valence-corrected chi connectivity index (χ4v) is 4.15. The zero-order valence-corrected chi connectivity index (χ0v) is 17.2. The van der Waals surface area contributed by atoms with Gasteiger partial charge in [-0.1, -0.05) is 12.2 Å². The Morgan fingerprint density at radius 2 is 1.10 bits per heavy atom. The van der Waals surface area contributed by atoms with Crippen LogP contribution in [-0.2, 0) is 28.6 Å². The molecule has 0 saturated heterocycles. The molecule has 0 aromatic heterocycles. The minimum absolute atomic E-state index is 0.0184. The van der Waals surface area contributed by atoms with E-state index in [0.29, 0.717) is 0 Å². The van der Waals surface area contributed by atoms with Crippen molar-refractivity contribution in [2.75, 3.05) is 14.2 Å². The van der Waals surface area contributed by atoms with Gasteiger partial charge < -0.3 is 10.4 Å². The molecule has 0 heterocycles. The first-order chi connectivity index (χ1) is 13.9. The molecule has 30 heavy (non-hydrogen) atoms. The molecule has 2 aromatic carbocycles. The van der Waals surface area contributed by atoms with Crippen molar-refractivity contribution in [1.29, 1.82) is 0 Å². The van der Waals surface area contributed by atoms with Crippen LogP contribution < -0.4 is 10.5 Å². The standard InChI is InChI=1S/C16H18N2O10S2/c1-27-29(23,24)15-9-13(17(19)20)7-5-11(15)3-4-12-6-8-14(18(21)22)10-16(12)30(25,26)28-2/h3-10,17-19,21H,1-2H3. The number of nitrogens with one attached hydrogen (secondary N) is 2. The van der Waals surface area contributed by atoms with Gasteiger partial charge in [0.25, 0.3) is 20.2 Å². The summed E-state index contributed by atoms with van der Waals surface area (Å²) in [6, 6.07) is 6.56. The predicted molar refractivity (Wildman–Crippen MR) is 102 cm³/mol. The smallest absolute Gasteiger partial charge is 0.297 e. The van der Waals surface area contributed by atoms with Crippen molar-refractivity contribution in [3.05, 3.63) is 57.9 Å². The number of hydrogen-bond acceptors (Lipinski definition) is 10. The first-order valence-electron chi connectivity index (χ1n) is 7.97. The molecule has 0 aliphatic heterocycles. The molecular formula is C16H18N2O10S2. The Labute approximate surface area is 172 Å². The van der Waals surface area contributed by atoms with Crippen molar-refractivity contribution < 1.29 is 46.1 Å². The molecule has 4 N–H and O–H groups in total. The molecule has 0 amide bonds. The van der Waals surface area contributed by atoms with Crippen molar-refractivity contribution in [3.63, 3.8) is 0 Å². The van der Waals surface area contributed by atoms with Crippen molar-refractivity contribution in [1.82, 2.24) is 0 Å². The van der Waals surface area contributed by atoms with E-state index in [4.69, 9.17) is 10.4 Å². The lowest BCUT2D eigenvalue weighted by Gasteiger charge is -2.14. The zero-order valence-electron chi connectivity index (χ0n) is 15.6. The van der Waals surface area contributed by atoms with Gasteiger partial charge in [0, 0.05) is 24.3 Å². The van der Waals surface area contributed by atoms with Gasteiger partial charge in [-0.05, 0) is 23.3 Å². The van der Waals surface area contributed by atoms with Crippen LogP contribution in [0.25, 0.3) is 12.2 Å². The summed E-state index contributed by atoms with van der Waals surface area (Å²) in [6.45, 7) is 0. The molecule has 0 saturated carbocycles. The monoisotopic (exact) mass is 462 g/mol. The summed E-state index contributed by atoms with van der Waals surface area (Å²) in [5.41, 5.74) is -0.553. The van der Waals surface area contributed by atoms with Crippen LogP contribution in [0.5, 0.6) is 0 Å². The molecule has 2 aromatic rings. The van der Waals surface area contributed by atoms with Gasteiger partial charge in [0.2, 0.25) is 0 Å². The lowest BCUT2D eigenvalue weighted by atomic mass is 10.1. The lowest BCUT2D eigenvalue weighted by Crippen LogP contribution is -2.99. The molecule has 2 rings (SSSR count). The summed E-state index contributed by atoms with van der Waals surface area (Å²) in [5, 5.41) is 37.8. The highest BCUT2D eigenvalue weighted by atomic mass is 32.2. The Morgan fingerprint density at radius 1 is 0.767 bits per heavy atom. The summed E-state index contributed by atoms with van der Waals surface area (Å²) >= 11 is 0. The first-order valence-corrected chi connectivity index (χ1v) is 10.8. The molecule has 0 spiro atoms. The second-order valence-corrected chi connectivity index (χ2v) is 9.05. The minimum atomic E-state index is -4.29. The van der Waals surface area contributed by atoms with Gasteiger partial charge in [-0.2, -0.15) is 27.3 Å². The number of hydrogen-bond donors (Lipinski definition) is 4. The average Bonchev–Trinajstić information content (AvgIpc) is 2.71. The topological polar surface area (TPSA) is 182 Å². The number of benzene rings is 2. The van der Waals surface area contributed by atoms with Crippen molar-refractivity contribution in [3.8, 4) is 0 Å². The van der Waals surface area contributed by atoms with E-state index in [9.17, 15) is 27.3 Å². The maximum absolute atomic E-state index is 12.2. The van der Waals surface area contributed by atoms with Gasteiger partial charge in [0.05, 0.1) is 14.2 Å². The molecular weight excluding hydrogens is 444 g/mol. The lowest BCUT2D eigenvalue weighted by molar-refractivity contribution is -0.991. The van der Waals surface area contributed by atoms with Crippen LogP contribution in [0.4, 0.5) is 11.4 Å². The normalized spacial score (nSPS) is 14.7. The fraction of sp³-hybridized carbons (Fsp3) is 0.125. The van der Waals surface area contributed by atoms with E-state index in [2.05, 4.69) is 8.37 Å². The third kappa shape index (κ3) is 5.27. The van der Waals surface area contributed by atoms with E-state index in [1.54, 1.807) is 0 Å². The second-order valence-electron chi connectivity index (χ2n) is 5.69. The number of quaternary nitrogens is 2. The Bertz CT molecular complexity index is 1070. The molecule has 12 nitrogen and oxygen atoms in total. The molecule has 0 aliphatic carbocycles. The van der Waals surface area contributed by atoms with Crippen LogP contribution in [0.2, 0.25) is 0 Å². The van der Waals surface area contributed by atoms with E-state index in [-0.39, 0.29) is 22.5 Å². The maximum atomic E-state index is 12.2. The second kappa shape index (κ2) is 9.27. The molecule has 0 aliphatic rings. The highest BCUT2D eigenvalue weighted by Crippen LogP contribution is 2.26. The quantitative estimate of drug-likeness (QED) is 0.223. The molecule has 2 atom stereocenters. The van der Waals surface area contributed by atoms with Crippen molar-refractivity contribution >= 4 is 43.8 Å². The largest absolute Gasteiger partial charge is 0.595 e. The number of rotatable bonds is 8. The Kier molecular flexibility index (Phi) is 7.43. The van der Waals surface area contributed by atoms with Gasteiger partial charge in [0.1, 0.15) is 9.79 Å². The van der Waals surface area contributed by atoms with Gasteiger partial charge >= 0.3 is 0 Å². The first kappa shape index (κ1) is 24.0. The SMILES string of the molecule is COS(=O)(=O)c1cc([NH+]([O-])O)ccc1C=Cc1ccc([NH+]([O-])O)cc1S(=O)(=O)OC. The fourth-order valence-electron chi connectivity index (χ4n) is 2.40. The highest BCUT2D eigenvalue weighted by Gasteiger charge is 2.22. The van der Waals surface area contributed by atoms with Crippen LogP contribution in [0.1, 0.15) is 11.1 Å². The summed E-state index contributed by atoms with van der Waals surface area (Å²) in [6.07, 6.45) is 2.45. The Balaban J connectivity index is 2.65.